The van der Waals surface area contributed by atoms with Crippen molar-refractivity contribution in [3.05, 3.63) is 72.9 Å². The van der Waals surface area contributed by atoms with Crippen LogP contribution in [0.3, 0.4) is 0 Å². The highest BCUT2D eigenvalue weighted by atomic mass is 31.2. The molecular weight excluding hydrogens is 916 g/mol. The number of ether oxygens (including phenoxy) is 1. The fraction of sp³-hybridized carbons (Fsp3) is 0.774. The molecule has 0 aromatic heterocycles. The molecule has 0 saturated carbocycles. The van der Waals surface area contributed by atoms with E-state index in [4.69, 9.17) is 13.8 Å². The maximum absolute atomic E-state index is 13.5. The van der Waals surface area contributed by atoms with Crippen LogP contribution in [-0.2, 0) is 27.9 Å². The van der Waals surface area contributed by atoms with Gasteiger partial charge in [0.05, 0.1) is 33.8 Å². The number of esters is 1. The number of nitrogens with zero attached hydrogens (tertiary/aromatic N) is 1. The first-order valence-corrected chi connectivity index (χ1v) is 31.3. The van der Waals surface area contributed by atoms with Gasteiger partial charge in [-0.05, 0) is 102 Å². The van der Waals surface area contributed by atoms with Gasteiger partial charge in [0.15, 0.2) is 0 Å². The van der Waals surface area contributed by atoms with Crippen LogP contribution >= 0.6 is 7.82 Å². The van der Waals surface area contributed by atoms with Crippen LogP contribution in [0, 0.1) is 0 Å². The summed E-state index contributed by atoms with van der Waals surface area (Å²) in [4.78, 5) is 37.6. The molecule has 3 unspecified atom stereocenters. The SMILES string of the molecule is CCCCC/C=C\C/C=C\C/C=C\C/C=C\CCCCCCCC(=O)NC(COP(=O)(O)OCC[N+](C)(C)C)C(/C=C\CCCCCCCCCCC)OC(=O)CCCCC/C=C\CCCCCCCCC. The molecule has 0 bridgehead atoms. The monoisotopic (exact) mass is 1030 g/mol. The lowest BCUT2D eigenvalue weighted by atomic mass is 10.1. The Morgan fingerprint density at radius 1 is 0.486 bits per heavy atom. The summed E-state index contributed by atoms with van der Waals surface area (Å²) in [6, 6.07) is -0.866. The maximum atomic E-state index is 13.5. The summed E-state index contributed by atoms with van der Waals surface area (Å²) in [7, 11) is 1.47. The number of amides is 1. The third kappa shape index (κ3) is 52.3. The number of hydrogen-bond donors (Lipinski definition) is 2. The molecular formula is C62H114N2O7P+. The summed E-state index contributed by atoms with van der Waals surface area (Å²) in [6.07, 6.45) is 66.1. The average molecular weight is 1030 g/mol. The highest BCUT2D eigenvalue weighted by Crippen LogP contribution is 2.43. The normalized spacial score (nSPS) is 14.3. The maximum Gasteiger partial charge on any atom is 0.472 e. The Balaban J connectivity index is 5.31. The molecule has 0 aliphatic rings. The minimum Gasteiger partial charge on any atom is -0.456 e. The standard InChI is InChI=1S/C62H113N2O7P/c1-7-10-13-16-19-22-25-27-29-30-31-32-33-34-35-36-39-42-45-48-51-54-61(65)63-59(58-70-72(67,68)69-57-56-64(4,5)6)60(53-50-47-44-41-38-24-21-18-15-12-9-3)71-62(66)55-52-49-46-43-40-37-28-26-23-20-17-14-11-8-2/h19,22,27,29,31-32,34-35,37,40,50,53,59-60H,7-18,20-21,23-26,28,30,33,36,38-39,41-49,51-52,54-58H2,1-6H3,(H-,63,65,67,68)/p+1/b22-19-,29-27-,32-31-,35-34-,40-37-,53-50-. The molecule has 0 heterocycles. The number of carbonyl (C=O) groups excluding carboxylic acids is 2. The fourth-order valence-electron chi connectivity index (χ4n) is 8.21. The van der Waals surface area contributed by atoms with Gasteiger partial charge in [-0.25, -0.2) is 4.57 Å². The van der Waals surface area contributed by atoms with Crippen molar-refractivity contribution in [1.82, 2.24) is 5.32 Å². The summed E-state index contributed by atoms with van der Waals surface area (Å²) in [5.41, 5.74) is 0. The van der Waals surface area contributed by atoms with E-state index in [0.29, 0.717) is 23.9 Å². The zero-order valence-electron chi connectivity index (χ0n) is 47.7. The van der Waals surface area contributed by atoms with Crippen LogP contribution in [-0.4, -0.2) is 74.3 Å². The third-order valence-electron chi connectivity index (χ3n) is 12.9. The molecule has 0 saturated heterocycles. The van der Waals surface area contributed by atoms with Gasteiger partial charge in [-0.15, -0.1) is 0 Å². The highest BCUT2D eigenvalue weighted by Gasteiger charge is 2.30. The van der Waals surface area contributed by atoms with Crippen LogP contribution in [0.4, 0.5) is 0 Å². The summed E-state index contributed by atoms with van der Waals surface area (Å²) < 4.78 is 30.6. The Labute approximate surface area is 444 Å². The van der Waals surface area contributed by atoms with Crippen molar-refractivity contribution in [3.8, 4) is 0 Å². The second-order valence-corrected chi connectivity index (χ2v) is 22.6. The molecule has 0 spiro atoms. The van der Waals surface area contributed by atoms with E-state index in [0.717, 1.165) is 103 Å². The number of carbonyl (C=O) groups is 2. The largest absolute Gasteiger partial charge is 0.472 e. The first-order chi connectivity index (χ1) is 34.9. The summed E-state index contributed by atoms with van der Waals surface area (Å²) in [6.45, 7) is 6.94. The molecule has 0 fully saturated rings. The molecule has 0 aliphatic heterocycles. The van der Waals surface area contributed by atoms with Crippen LogP contribution in [0.15, 0.2) is 72.9 Å². The third-order valence-corrected chi connectivity index (χ3v) is 13.9. The van der Waals surface area contributed by atoms with Crippen molar-refractivity contribution in [3.63, 3.8) is 0 Å². The van der Waals surface area contributed by atoms with Crippen molar-refractivity contribution in [2.75, 3.05) is 40.9 Å². The van der Waals surface area contributed by atoms with E-state index in [1.165, 1.54) is 116 Å². The Morgan fingerprint density at radius 2 is 0.847 bits per heavy atom. The zero-order chi connectivity index (χ0) is 52.9. The number of nitrogens with one attached hydrogen (secondary N) is 1. The number of quaternary nitrogens is 1. The minimum atomic E-state index is -4.45. The Morgan fingerprint density at radius 3 is 1.32 bits per heavy atom. The van der Waals surface area contributed by atoms with Crippen LogP contribution in [0.2, 0.25) is 0 Å². The molecule has 0 rings (SSSR count). The predicted octanol–water partition coefficient (Wildman–Crippen LogP) is 18.1. The average Bonchev–Trinajstić information content (AvgIpc) is 3.34. The second-order valence-electron chi connectivity index (χ2n) is 21.2. The molecule has 3 atom stereocenters. The van der Waals surface area contributed by atoms with Crippen LogP contribution in [0.1, 0.15) is 258 Å². The van der Waals surface area contributed by atoms with Gasteiger partial charge < -0.3 is 19.4 Å². The van der Waals surface area contributed by atoms with E-state index in [1.807, 2.05) is 33.3 Å². The molecule has 0 radical (unpaired) electrons. The summed E-state index contributed by atoms with van der Waals surface area (Å²) in [5, 5.41) is 3.04. The van der Waals surface area contributed by atoms with Crippen LogP contribution < -0.4 is 5.32 Å². The number of phosphoric ester groups is 1. The summed E-state index contributed by atoms with van der Waals surface area (Å²) >= 11 is 0. The number of rotatable bonds is 53. The molecule has 418 valence electrons. The van der Waals surface area contributed by atoms with E-state index in [1.54, 1.807) is 0 Å². The van der Waals surface area contributed by atoms with Gasteiger partial charge in [0.1, 0.15) is 19.3 Å². The van der Waals surface area contributed by atoms with Crippen molar-refractivity contribution in [2.45, 2.75) is 270 Å². The Kier molecular flexibility index (Phi) is 50.1. The first kappa shape index (κ1) is 69.5. The van der Waals surface area contributed by atoms with Gasteiger partial charge in [-0.2, -0.15) is 0 Å². The lowest BCUT2D eigenvalue weighted by molar-refractivity contribution is -0.870. The van der Waals surface area contributed by atoms with Gasteiger partial charge in [0.25, 0.3) is 0 Å². The van der Waals surface area contributed by atoms with Crippen molar-refractivity contribution in [1.29, 1.82) is 0 Å². The molecule has 0 aliphatic carbocycles. The van der Waals surface area contributed by atoms with Crippen molar-refractivity contribution in [2.24, 2.45) is 0 Å². The first-order valence-electron chi connectivity index (χ1n) is 29.8. The molecule has 0 aromatic rings. The van der Waals surface area contributed by atoms with E-state index in [2.05, 4.69) is 86.8 Å². The van der Waals surface area contributed by atoms with Gasteiger partial charge in [-0.3, -0.25) is 18.6 Å². The molecule has 2 N–H and O–H groups in total. The van der Waals surface area contributed by atoms with E-state index >= 15 is 0 Å². The van der Waals surface area contributed by atoms with Crippen molar-refractivity contribution >= 4 is 19.7 Å². The number of unbranched alkanes of at least 4 members (excludes halogenated alkanes) is 27. The minimum absolute atomic E-state index is 0.0317. The Hall–Kier alpha value is -2.55. The molecule has 9 nitrogen and oxygen atoms in total. The van der Waals surface area contributed by atoms with Crippen LogP contribution in [0.25, 0.3) is 0 Å². The molecule has 72 heavy (non-hydrogen) atoms. The number of allylic oxidation sites excluding steroid dienone is 11. The topological polar surface area (TPSA) is 111 Å². The van der Waals surface area contributed by atoms with E-state index in [9.17, 15) is 19.0 Å². The molecule has 0 aromatic carbocycles. The van der Waals surface area contributed by atoms with Gasteiger partial charge in [0.2, 0.25) is 5.91 Å². The quantitative estimate of drug-likeness (QED) is 0.0205. The van der Waals surface area contributed by atoms with Crippen LogP contribution in [0.5, 0.6) is 0 Å². The summed E-state index contributed by atoms with van der Waals surface area (Å²) in [5.74, 6) is -0.546. The van der Waals surface area contributed by atoms with Gasteiger partial charge >= 0.3 is 13.8 Å². The fourth-order valence-corrected chi connectivity index (χ4v) is 8.95. The molecule has 10 heteroatoms. The molecule has 1 amide bonds. The number of hydrogen-bond acceptors (Lipinski definition) is 6. The Bertz CT molecular complexity index is 1460. The predicted molar refractivity (Wildman–Crippen MR) is 309 cm³/mol. The van der Waals surface area contributed by atoms with Gasteiger partial charge in [-0.1, -0.05) is 216 Å². The lowest BCUT2D eigenvalue weighted by Gasteiger charge is -2.27. The highest BCUT2D eigenvalue weighted by molar-refractivity contribution is 7.47. The number of likely N-dealkylation sites (N-methyl/N-ethyl adjacent to an activating group) is 1. The smallest absolute Gasteiger partial charge is 0.456 e. The van der Waals surface area contributed by atoms with E-state index < -0.39 is 20.0 Å². The zero-order valence-corrected chi connectivity index (χ0v) is 48.6. The van der Waals surface area contributed by atoms with Crippen molar-refractivity contribution < 1.29 is 37.3 Å². The van der Waals surface area contributed by atoms with E-state index in [-0.39, 0.29) is 31.5 Å². The number of phosphoric acid groups is 1. The lowest BCUT2D eigenvalue weighted by Crippen LogP contribution is -2.47. The van der Waals surface area contributed by atoms with Gasteiger partial charge in [0, 0.05) is 12.8 Å². The second kappa shape index (κ2) is 51.9.